The van der Waals surface area contributed by atoms with Crippen molar-refractivity contribution in [1.82, 2.24) is 9.55 Å². The van der Waals surface area contributed by atoms with Gasteiger partial charge in [0.25, 0.3) is 5.56 Å². The molecule has 0 bridgehead atoms. The molecule has 0 saturated carbocycles. The number of aliphatic hydroxyl groups is 1. The largest absolute Gasteiger partial charge is 0.465 e. The minimum absolute atomic E-state index is 0.0526. The van der Waals surface area contributed by atoms with Crippen LogP contribution in [0.3, 0.4) is 0 Å². The molecule has 1 aromatic heterocycles. The van der Waals surface area contributed by atoms with E-state index in [2.05, 4.69) is 4.98 Å². The highest BCUT2D eigenvalue weighted by molar-refractivity contribution is 6.17. The number of hydrogen-bond acceptors (Lipinski definition) is 6. The van der Waals surface area contributed by atoms with E-state index < -0.39 is 29.4 Å². The Labute approximate surface area is 129 Å². The lowest BCUT2D eigenvalue weighted by atomic mass is 10.2. The summed E-state index contributed by atoms with van der Waals surface area (Å²) < 4.78 is 18.1. The summed E-state index contributed by atoms with van der Waals surface area (Å²) in [6.07, 6.45) is -0.250. The maximum Gasteiger partial charge on any atom is 0.331 e. The number of aromatic nitrogens is 2. The summed E-state index contributed by atoms with van der Waals surface area (Å²) >= 11 is 5.69. The molecular formula is C13H15ClN2O6. The molecule has 2 atom stereocenters. The number of ether oxygens (including phenoxy) is 3. The third-order valence-electron chi connectivity index (χ3n) is 3.43. The van der Waals surface area contributed by atoms with Crippen LogP contribution in [0.5, 0.6) is 0 Å². The van der Waals surface area contributed by atoms with Gasteiger partial charge in [-0.15, -0.1) is 11.6 Å². The number of aliphatic hydroxyl groups excluding tert-OH is 1. The zero-order valence-electron chi connectivity index (χ0n) is 12.0. The third-order valence-corrected chi connectivity index (χ3v) is 3.71. The highest BCUT2D eigenvalue weighted by Crippen LogP contribution is 2.44. The summed E-state index contributed by atoms with van der Waals surface area (Å²) in [5, 5.41) is 9.38. The van der Waals surface area contributed by atoms with Crippen molar-refractivity contribution < 1.29 is 19.3 Å². The lowest BCUT2D eigenvalue weighted by molar-refractivity contribution is -0.166. The van der Waals surface area contributed by atoms with Gasteiger partial charge in [-0.05, 0) is 0 Å². The van der Waals surface area contributed by atoms with Crippen molar-refractivity contribution in [2.45, 2.75) is 37.8 Å². The van der Waals surface area contributed by atoms with Gasteiger partial charge in [0.05, 0.1) is 5.88 Å². The number of nitrogens with one attached hydrogen (secondary N) is 1. The van der Waals surface area contributed by atoms with Crippen LogP contribution in [0.2, 0.25) is 0 Å². The van der Waals surface area contributed by atoms with Crippen molar-refractivity contribution in [3.63, 3.8) is 0 Å². The molecule has 0 radical (unpaired) electrons. The second-order valence-corrected chi connectivity index (χ2v) is 5.72. The van der Waals surface area contributed by atoms with E-state index in [1.165, 1.54) is 10.8 Å². The molecule has 3 heterocycles. The number of hydrogen-bond donors (Lipinski definition) is 2. The number of nitrogens with zero attached hydrogens (tertiary/aromatic N) is 1. The number of aromatic amines is 1. The van der Waals surface area contributed by atoms with E-state index >= 15 is 0 Å². The molecule has 0 amide bonds. The molecule has 3 rings (SSSR count). The molecule has 1 aromatic rings. The first kappa shape index (κ1) is 15.1. The Kier molecular flexibility index (Phi) is 3.54. The standard InChI is InChI=1S/C13H15ClN2O6/c1-13(2)21-8-7(5-17)20-11(9(8)22-13)16-4-6(3-14)10(18)15-12(16)19/h4,9,11,17H,3,5H2,1-2H3,(H,15,18,19)/t9?,11-/m1/s1. The Hall–Kier alpha value is -1.77. The van der Waals surface area contributed by atoms with E-state index in [1.807, 2.05) is 0 Å². The summed E-state index contributed by atoms with van der Waals surface area (Å²) in [7, 11) is 0. The van der Waals surface area contributed by atoms with Crippen LogP contribution in [0.15, 0.2) is 27.3 Å². The van der Waals surface area contributed by atoms with Crippen molar-refractivity contribution in [3.05, 3.63) is 44.1 Å². The van der Waals surface area contributed by atoms with Gasteiger partial charge in [-0.1, -0.05) is 0 Å². The molecular weight excluding hydrogens is 316 g/mol. The first-order valence-corrected chi connectivity index (χ1v) is 7.17. The van der Waals surface area contributed by atoms with Gasteiger partial charge in [0.1, 0.15) is 6.61 Å². The number of H-pyrrole nitrogens is 1. The zero-order chi connectivity index (χ0) is 16.1. The molecule has 2 aliphatic rings. The van der Waals surface area contributed by atoms with Crippen LogP contribution in [0.1, 0.15) is 25.6 Å². The van der Waals surface area contributed by atoms with Crippen LogP contribution < -0.4 is 11.2 Å². The molecule has 8 nitrogen and oxygen atoms in total. The molecule has 0 aliphatic carbocycles. The lowest BCUT2D eigenvalue weighted by Gasteiger charge is -2.23. The van der Waals surface area contributed by atoms with Gasteiger partial charge in [-0.2, -0.15) is 0 Å². The lowest BCUT2D eigenvalue weighted by Crippen LogP contribution is -2.38. The topological polar surface area (TPSA) is 103 Å². The first-order valence-electron chi connectivity index (χ1n) is 6.64. The predicted octanol–water partition coefficient (Wildman–Crippen LogP) is 0.160. The Morgan fingerprint density at radius 1 is 1.45 bits per heavy atom. The smallest absolute Gasteiger partial charge is 0.331 e. The molecule has 1 fully saturated rings. The molecule has 9 heteroatoms. The van der Waals surface area contributed by atoms with Crippen LogP contribution in [0.4, 0.5) is 0 Å². The normalized spacial score (nSPS) is 25.8. The van der Waals surface area contributed by atoms with E-state index in [-0.39, 0.29) is 23.8 Å². The molecule has 120 valence electrons. The average molecular weight is 331 g/mol. The number of rotatable bonds is 3. The highest BCUT2D eigenvalue weighted by Gasteiger charge is 2.51. The van der Waals surface area contributed by atoms with Crippen molar-refractivity contribution >= 4 is 11.6 Å². The monoisotopic (exact) mass is 330 g/mol. The van der Waals surface area contributed by atoms with E-state index in [9.17, 15) is 14.7 Å². The summed E-state index contributed by atoms with van der Waals surface area (Å²) in [6.45, 7) is 3.04. The van der Waals surface area contributed by atoms with Gasteiger partial charge in [-0.3, -0.25) is 14.3 Å². The molecule has 2 aliphatic heterocycles. The maximum absolute atomic E-state index is 12.0. The number of alkyl halides is 1. The van der Waals surface area contributed by atoms with E-state index in [4.69, 9.17) is 25.8 Å². The second kappa shape index (κ2) is 5.15. The van der Waals surface area contributed by atoms with E-state index in [1.54, 1.807) is 13.8 Å². The zero-order valence-corrected chi connectivity index (χ0v) is 12.7. The summed E-state index contributed by atoms with van der Waals surface area (Å²) in [5.74, 6) is -0.402. The van der Waals surface area contributed by atoms with Gasteiger partial charge in [0.2, 0.25) is 12.0 Å². The first-order chi connectivity index (χ1) is 10.4. The molecule has 1 saturated heterocycles. The number of halogens is 1. The Balaban J connectivity index is 2.05. The minimum Gasteiger partial charge on any atom is -0.465 e. The summed E-state index contributed by atoms with van der Waals surface area (Å²) in [5.41, 5.74) is -0.980. The molecule has 0 spiro atoms. The molecule has 0 aromatic carbocycles. The highest BCUT2D eigenvalue weighted by atomic mass is 35.5. The van der Waals surface area contributed by atoms with Gasteiger partial charge in [0.15, 0.2) is 17.6 Å². The van der Waals surface area contributed by atoms with Crippen LogP contribution in [0.25, 0.3) is 0 Å². The van der Waals surface area contributed by atoms with Crippen LogP contribution in [-0.4, -0.2) is 33.2 Å². The fourth-order valence-electron chi connectivity index (χ4n) is 2.50. The number of fused-ring (bicyclic) bond motifs is 1. The summed E-state index contributed by atoms with van der Waals surface area (Å²) in [4.78, 5) is 25.8. The quantitative estimate of drug-likeness (QED) is 0.765. The van der Waals surface area contributed by atoms with Crippen LogP contribution >= 0.6 is 11.6 Å². The third kappa shape index (κ3) is 2.33. The van der Waals surface area contributed by atoms with Crippen LogP contribution in [0, 0.1) is 0 Å². The fraction of sp³-hybridized carbons (Fsp3) is 0.538. The Bertz CT molecular complexity index is 750. The Morgan fingerprint density at radius 2 is 2.18 bits per heavy atom. The van der Waals surface area contributed by atoms with Crippen molar-refractivity contribution in [2.75, 3.05) is 6.61 Å². The van der Waals surface area contributed by atoms with Gasteiger partial charge < -0.3 is 19.3 Å². The molecule has 22 heavy (non-hydrogen) atoms. The van der Waals surface area contributed by atoms with Gasteiger partial charge in [-0.25, -0.2) is 4.79 Å². The SMILES string of the molecule is CC1(C)OC2=C(CO)O[C@@H](n3cc(CCl)c(=O)[nH]c3=O)C2O1. The van der Waals surface area contributed by atoms with E-state index in [0.29, 0.717) is 5.76 Å². The van der Waals surface area contributed by atoms with Gasteiger partial charge >= 0.3 is 5.69 Å². The maximum atomic E-state index is 12.0. The van der Waals surface area contributed by atoms with Crippen molar-refractivity contribution in [1.29, 1.82) is 0 Å². The van der Waals surface area contributed by atoms with Crippen LogP contribution in [-0.2, 0) is 20.1 Å². The summed E-state index contributed by atoms with van der Waals surface area (Å²) in [6, 6.07) is 0. The van der Waals surface area contributed by atoms with Gasteiger partial charge in [0, 0.05) is 25.6 Å². The van der Waals surface area contributed by atoms with E-state index in [0.717, 1.165) is 0 Å². The molecule has 2 N–H and O–H groups in total. The Morgan fingerprint density at radius 3 is 2.82 bits per heavy atom. The predicted molar refractivity (Wildman–Crippen MR) is 75.2 cm³/mol. The van der Waals surface area contributed by atoms with Crippen molar-refractivity contribution in [3.8, 4) is 0 Å². The molecule has 1 unspecified atom stereocenters. The average Bonchev–Trinajstić information content (AvgIpc) is 2.92. The van der Waals surface area contributed by atoms with Crippen molar-refractivity contribution in [2.24, 2.45) is 0 Å². The minimum atomic E-state index is -0.899. The second-order valence-electron chi connectivity index (χ2n) is 5.45. The fourth-order valence-corrected chi connectivity index (χ4v) is 2.69.